The maximum atomic E-state index is 12.1. The van der Waals surface area contributed by atoms with Crippen LogP contribution in [0.4, 0.5) is 0 Å². The summed E-state index contributed by atoms with van der Waals surface area (Å²) in [6.45, 7) is 1.38. The number of guanidine groups is 1. The van der Waals surface area contributed by atoms with Gasteiger partial charge in [-0.1, -0.05) is 36.8 Å². The number of nitrogens with zero attached hydrogens (tertiary/aromatic N) is 3. The molecule has 30 heavy (non-hydrogen) atoms. The molecule has 8 nitrogen and oxygen atoms in total. The second-order valence-corrected chi connectivity index (χ2v) is 9.33. The molecule has 1 aromatic heterocycles. The summed E-state index contributed by atoms with van der Waals surface area (Å²) in [5.41, 5.74) is 2.04. The first kappa shape index (κ1) is 24.6. The number of sulfonamides is 1. The number of hydrogen-bond acceptors (Lipinski definition) is 4. The van der Waals surface area contributed by atoms with Crippen LogP contribution in [0.25, 0.3) is 11.3 Å². The highest BCUT2D eigenvalue weighted by Gasteiger charge is 2.20. The van der Waals surface area contributed by atoms with Crippen molar-refractivity contribution in [2.24, 2.45) is 10.9 Å². The summed E-state index contributed by atoms with van der Waals surface area (Å²) in [6, 6.07) is 10.0. The van der Waals surface area contributed by atoms with Crippen LogP contribution in [0.1, 0.15) is 25.1 Å². The van der Waals surface area contributed by atoms with Gasteiger partial charge in [-0.2, -0.15) is 0 Å². The van der Waals surface area contributed by atoms with Crippen molar-refractivity contribution in [2.45, 2.75) is 25.8 Å². The lowest BCUT2D eigenvalue weighted by Crippen LogP contribution is -2.42. The van der Waals surface area contributed by atoms with Gasteiger partial charge in [0.2, 0.25) is 10.0 Å². The van der Waals surface area contributed by atoms with E-state index in [1.807, 2.05) is 48.5 Å². The topological polar surface area (TPSA) is 102 Å². The number of nitrogens with one attached hydrogen (secondary N) is 3. The Labute approximate surface area is 196 Å². The number of aromatic nitrogens is 2. The largest absolute Gasteiger partial charge is 0.355 e. The van der Waals surface area contributed by atoms with Gasteiger partial charge in [0.25, 0.3) is 0 Å². The molecule has 1 saturated carbocycles. The Morgan fingerprint density at radius 2 is 2.03 bits per heavy atom. The molecule has 1 aliphatic rings. The molecule has 0 atom stereocenters. The molecule has 10 heteroatoms. The highest BCUT2D eigenvalue weighted by molar-refractivity contribution is 14.0. The predicted octanol–water partition coefficient (Wildman–Crippen LogP) is 2.42. The minimum atomic E-state index is -3.27. The Balaban J connectivity index is 0.00000320. The van der Waals surface area contributed by atoms with E-state index in [1.165, 1.54) is 6.42 Å². The van der Waals surface area contributed by atoms with Crippen LogP contribution in [0.2, 0.25) is 0 Å². The van der Waals surface area contributed by atoms with E-state index in [-0.39, 0.29) is 29.7 Å². The van der Waals surface area contributed by atoms with Crippen LogP contribution in [-0.2, 0) is 16.6 Å². The van der Waals surface area contributed by atoms with E-state index in [4.69, 9.17) is 0 Å². The number of halogens is 1. The zero-order chi connectivity index (χ0) is 20.7. The van der Waals surface area contributed by atoms with Gasteiger partial charge in [0.05, 0.1) is 24.2 Å². The molecule has 0 saturated heterocycles. The quantitative estimate of drug-likeness (QED) is 0.255. The molecule has 1 heterocycles. The molecule has 3 rings (SSSR count). The van der Waals surface area contributed by atoms with Gasteiger partial charge in [-0.05, 0) is 24.3 Å². The summed E-state index contributed by atoms with van der Waals surface area (Å²) in [6.07, 6.45) is 5.27. The zero-order valence-corrected chi connectivity index (χ0v) is 20.6. The Hall–Kier alpha value is -1.66. The van der Waals surface area contributed by atoms with Gasteiger partial charge < -0.3 is 15.2 Å². The molecular weight excluding hydrogens is 515 g/mol. The molecule has 3 N–H and O–H groups in total. The Morgan fingerprint density at radius 3 is 2.67 bits per heavy atom. The summed E-state index contributed by atoms with van der Waals surface area (Å²) >= 11 is 0. The third-order valence-electron chi connectivity index (χ3n) is 5.14. The summed E-state index contributed by atoms with van der Waals surface area (Å²) < 4.78 is 27.0. The third-order valence-corrected chi connectivity index (χ3v) is 6.49. The van der Waals surface area contributed by atoms with E-state index < -0.39 is 10.0 Å². The Kier molecular flexibility index (Phi) is 9.56. The lowest BCUT2D eigenvalue weighted by Gasteiger charge is -2.25. The first-order chi connectivity index (χ1) is 14.0. The Bertz CT molecular complexity index is 912. The van der Waals surface area contributed by atoms with Gasteiger partial charge in [-0.15, -0.1) is 24.0 Å². The van der Waals surface area contributed by atoms with Gasteiger partial charge >= 0.3 is 0 Å². The fourth-order valence-corrected chi connectivity index (χ4v) is 4.21. The van der Waals surface area contributed by atoms with Crippen LogP contribution in [0.15, 0.2) is 41.5 Å². The highest BCUT2D eigenvalue weighted by Crippen LogP contribution is 2.25. The van der Waals surface area contributed by atoms with Gasteiger partial charge in [-0.25, -0.2) is 18.1 Å². The van der Waals surface area contributed by atoms with Crippen LogP contribution < -0.4 is 10.0 Å². The van der Waals surface area contributed by atoms with Crippen molar-refractivity contribution in [2.75, 3.05) is 32.9 Å². The molecule has 1 aliphatic carbocycles. The van der Waals surface area contributed by atoms with E-state index >= 15 is 0 Å². The minimum absolute atomic E-state index is 0. The number of aliphatic imine (C=N–C) groups is 1. The molecule has 0 unspecified atom stereocenters. The molecule has 1 fully saturated rings. The third kappa shape index (κ3) is 7.24. The van der Waals surface area contributed by atoms with Gasteiger partial charge in [0.1, 0.15) is 5.82 Å². The number of aromatic amines is 1. The van der Waals surface area contributed by atoms with Crippen LogP contribution in [0.5, 0.6) is 0 Å². The lowest BCUT2D eigenvalue weighted by atomic mass is 9.86. The molecule has 166 valence electrons. The molecule has 0 aliphatic heterocycles. The van der Waals surface area contributed by atoms with E-state index in [9.17, 15) is 8.42 Å². The van der Waals surface area contributed by atoms with Gasteiger partial charge in [0.15, 0.2) is 5.96 Å². The van der Waals surface area contributed by atoms with Crippen LogP contribution in [-0.4, -0.2) is 62.2 Å². The fourth-order valence-electron chi connectivity index (χ4n) is 3.20. The molecular formula is C20H31IN6O2S. The van der Waals surface area contributed by atoms with E-state index in [0.717, 1.165) is 29.9 Å². The number of benzene rings is 1. The van der Waals surface area contributed by atoms with Crippen LogP contribution in [0, 0.1) is 5.92 Å². The molecule has 2 aromatic rings. The van der Waals surface area contributed by atoms with Crippen molar-refractivity contribution in [3.8, 4) is 11.3 Å². The van der Waals surface area contributed by atoms with E-state index in [2.05, 4.69) is 25.0 Å². The molecule has 0 spiro atoms. The van der Waals surface area contributed by atoms with Crippen LogP contribution in [0.3, 0.4) is 0 Å². The summed E-state index contributed by atoms with van der Waals surface area (Å²) in [4.78, 5) is 13.9. The monoisotopic (exact) mass is 546 g/mol. The second-order valence-electron chi connectivity index (χ2n) is 7.40. The standard InChI is InChI=1S/C20H30N6O2S.HI/c1-21-20(22-11-12-29(27,28)24-13-16-7-6-8-16)26(2)15-19-23-14-18(25-19)17-9-4-3-5-10-17;/h3-5,9-10,14,16,24H,6-8,11-13,15H2,1-2H3,(H,21,22)(H,23,25);1H. The van der Waals surface area contributed by atoms with E-state index in [1.54, 1.807) is 7.05 Å². The zero-order valence-electron chi connectivity index (χ0n) is 17.5. The number of rotatable bonds is 9. The normalized spacial score (nSPS) is 14.7. The van der Waals surface area contributed by atoms with Crippen molar-refractivity contribution in [1.29, 1.82) is 0 Å². The first-order valence-corrected chi connectivity index (χ1v) is 11.6. The minimum Gasteiger partial charge on any atom is -0.355 e. The number of H-pyrrole nitrogens is 1. The predicted molar refractivity (Wildman–Crippen MR) is 131 cm³/mol. The van der Waals surface area contributed by atoms with E-state index in [0.29, 0.717) is 31.5 Å². The Morgan fingerprint density at radius 1 is 1.30 bits per heavy atom. The average Bonchev–Trinajstić information content (AvgIpc) is 3.13. The molecule has 0 amide bonds. The van der Waals surface area contributed by atoms with Gasteiger partial charge in [0, 0.05) is 27.2 Å². The van der Waals surface area contributed by atoms with Crippen molar-refractivity contribution in [3.05, 3.63) is 42.4 Å². The van der Waals surface area contributed by atoms with Crippen molar-refractivity contribution in [3.63, 3.8) is 0 Å². The van der Waals surface area contributed by atoms with Crippen molar-refractivity contribution in [1.82, 2.24) is 24.9 Å². The second kappa shape index (κ2) is 11.7. The fraction of sp³-hybridized carbons (Fsp3) is 0.500. The summed E-state index contributed by atoms with van der Waals surface area (Å²) in [7, 11) is 0.299. The first-order valence-electron chi connectivity index (χ1n) is 9.95. The maximum absolute atomic E-state index is 12.1. The number of hydrogen-bond donors (Lipinski definition) is 3. The van der Waals surface area contributed by atoms with Crippen molar-refractivity contribution < 1.29 is 8.42 Å². The average molecular weight is 546 g/mol. The number of imidazole rings is 1. The molecule has 1 aromatic carbocycles. The van der Waals surface area contributed by atoms with Gasteiger partial charge in [-0.3, -0.25) is 4.99 Å². The molecule has 0 radical (unpaired) electrons. The molecule has 0 bridgehead atoms. The lowest BCUT2D eigenvalue weighted by molar-refractivity contribution is 0.316. The smallest absolute Gasteiger partial charge is 0.213 e. The summed E-state index contributed by atoms with van der Waals surface area (Å²) in [5.74, 6) is 1.96. The highest BCUT2D eigenvalue weighted by atomic mass is 127. The van der Waals surface area contributed by atoms with Crippen LogP contribution >= 0.6 is 24.0 Å². The van der Waals surface area contributed by atoms with Crippen molar-refractivity contribution >= 4 is 40.0 Å². The SMILES string of the molecule is CN=C(NCCS(=O)(=O)NCC1CCC1)N(C)Cc1ncc(-c2ccccc2)[nH]1.I. The maximum Gasteiger partial charge on any atom is 0.213 e. The summed E-state index contributed by atoms with van der Waals surface area (Å²) in [5, 5.41) is 3.11.